The van der Waals surface area contributed by atoms with Crippen LogP contribution in [-0.2, 0) is 9.53 Å². The highest BCUT2D eigenvalue weighted by Gasteiger charge is 2.43. The molecule has 3 amide bonds. The number of ketones is 1. The van der Waals surface area contributed by atoms with Gasteiger partial charge in [0.15, 0.2) is 5.78 Å². The van der Waals surface area contributed by atoms with Crippen molar-refractivity contribution in [2.24, 2.45) is 11.0 Å². The number of carbonyl (C=O) groups excluding carboxylic acids is 3. The van der Waals surface area contributed by atoms with Crippen LogP contribution in [0.2, 0.25) is 0 Å². The topological polar surface area (TPSA) is 113 Å². The van der Waals surface area contributed by atoms with Crippen LogP contribution in [0, 0.1) is 5.92 Å². The van der Waals surface area contributed by atoms with Crippen LogP contribution in [0.15, 0.2) is 33.8 Å². The lowest BCUT2D eigenvalue weighted by Crippen LogP contribution is -2.64. The van der Waals surface area contributed by atoms with E-state index in [2.05, 4.69) is 31.7 Å². The predicted octanol–water partition coefficient (Wildman–Crippen LogP) is 5.14. The van der Waals surface area contributed by atoms with E-state index in [1.807, 2.05) is 32.8 Å². The molecule has 10 nitrogen and oxygen atoms in total. The maximum Gasteiger partial charge on any atom is 0.414 e. The van der Waals surface area contributed by atoms with E-state index in [0.29, 0.717) is 36.7 Å². The lowest BCUT2D eigenvalue weighted by molar-refractivity contribution is -0.131. The van der Waals surface area contributed by atoms with Crippen molar-refractivity contribution in [1.82, 2.24) is 20.5 Å². The molecule has 0 spiro atoms. The highest BCUT2D eigenvalue weighted by atomic mass is 79.9. The molecule has 0 radical (unpaired) electrons. The highest BCUT2D eigenvalue weighted by Crippen LogP contribution is 2.29. The first-order chi connectivity index (χ1) is 18.1. The molecule has 1 fully saturated rings. The molecule has 38 heavy (non-hydrogen) atoms. The zero-order valence-electron chi connectivity index (χ0n) is 22.5. The van der Waals surface area contributed by atoms with Gasteiger partial charge in [-0.05, 0) is 76.4 Å². The Bertz CT molecular complexity index is 998. The highest BCUT2D eigenvalue weighted by molar-refractivity contribution is 9.10. The number of carbonyl (C=O) groups is 3. The van der Waals surface area contributed by atoms with Crippen molar-refractivity contribution in [3.63, 3.8) is 0 Å². The molecule has 1 atom stereocenters. The average Bonchev–Trinajstić information content (AvgIpc) is 3.28. The van der Waals surface area contributed by atoms with Crippen LogP contribution in [-0.4, -0.2) is 71.3 Å². The monoisotopic (exact) mass is 611 g/mol. The second-order valence-corrected chi connectivity index (χ2v) is 12.2. The number of Topliss-reactive ketones (excluding diaryl/α,β-unsaturated/α-hetero) is 1. The average molecular weight is 613 g/mol. The quantitative estimate of drug-likeness (QED) is 0.352. The SMILES string of the molecule is CC(C)CCC(=O)C1OC(SCCN(C)C)=NN1C(=O)NC1(NC(=O)Oc2ccc(Br)cc2)CCCCC1. The third-order valence-electron chi connectivity index (χ3n) is 6.26. The number of halogens is 1. The van der Waals surface area contributed by atoms with Gasteiger partial charge < -0.3 is 19.7 Å². The summed E-state index contributed by atoms with van der Waals surface area (Å²) in [7, 11) is 3.93. The largest absolute Gasteiger partial charge is 0.438 e. The van der Waals surface area contributed by atoms with Crippen molar-refractivity contribution in [2.75, 3.05) is 26.4 Å². The summed E-state index contributed by atoms with van der Waals surface area (Å²) in [5, 5.41) is 11.6. The second kappa shape index (κ2) is 14.2. The van der Waals surface area contributed by atoms with E-state index in [4.69, 9.17) is 9.47 Å². The molecule has 12 heteroatoms. The summed E-state index contributed by atoms with van der Waals surface area (Å²) in [6, 6.07) is 6.30. The fraction of sp³-hybridized carbons (Fsp3) is 0.615. The first-order valence-corrected chi connectivity index (χ1v) is 14.8. The fourth-order valence-electron chi connectivity index (χ4n) is 4.13. The summed E-state index contributed by atoms with van der Waals surface area (Å²) in [5.41, 5.74) is -1.02. The summed E-state index contributed by atoms with van der Waals surface area (Å²) in [6.45, 7) is 4.87. The van der Waals surface area contributed by atoms with Crippen molar-refractivity contribution in [3.05, 3.63) is 28.7 Å². The third-order valence-corrected chi connectivity index (χ3v) is 7.60. The zero-order chi connectivity index (χ0) is 27.7. The van der Waals surface area contributed by atoms with Gasteiger partial charge in [-0.25, -0.2) is 9.59 Å². The Morgan fingerprint density at radius 1 is 1.18 bits per heavy atom. The van der Waals surface area contributed by atoms with Crippen LogP contribution in [0.3, 0.4) is 0 Å². The molecular formula is C26H38BrN5O5S. The molecule has 0 saturated heterocycles. The summed E-state index contributed by atoms with van der Waals surface area (Å²) < 4.78 is 12.2. The van der Waals surface area contributed by atoms with E-state index in [1.165, 1.54) is 11.8 Å². The molecule has 2 aliphatic rings. The number of hydrazone groups is 1. The molecule has 1 aliphatic carbocycles. The number of amides is 3. The minimum absolute atomic E-state index is 0.207. The van der Waals surface area contributed by atoms with Gasteiger partial charge in [0.1, 0.15) is 11.4 Å². The van der Waals surface area contributed by atoms with Crippen LogP contribution in [0.1, 0.15) is 58.8 Å². The summed E-state index contributed by atoms with van der Waals surface area (Å²) in [4.78, 5) is 41.4. The standard InChI is InChI=1S/C26H38BrN5O5S/c1-18(2)8-13-21(33)22-32(30-25(37-22)38-17-16-31(3)4)23(34)28-26(14-6-5-7-15-26)29-24(35)36-20-11-9-19(27)10-12-20/h9-12,18,22H,5-8,13-17H2,1-4H3,(H,28,34)(H,29,35). The van der Waals surface area contributed by atoms with Crippen LogP contribution in [0.5, 0.6) is 5.75 Å². The van der Waals surface area contributed by atoms with E-state index in [1.54, 1.807) is 24.3 Å². The predicted molar refractivity (Wildman–Crippen MR) is 152 cm³/mol. The maximum atomic E-state index is 13.5. The number of urea groups is 1. The van der Waals surface area contributed by atoms with Gasteiger partial charge in [-0.15, -0.1) is 5.10 Å². The number of hydrogen-bond acceptors (Lipinski definition) is 8. The Morgan fingerprint density at radius 2 is 1.87 bits per heavy atom. The Labute approximate surface area is 237 Å². The van der Waals surface area contributed by atoms with Crippen molar-refractivity contribution in [1.29, 1.82) is 0 Å². The van der Waals surface area contributed by atoms with Gasteiger partial charge in [-0.2, -0.15) is 5.01 Å². The minimum Gasteiger partial charge on any atom is -0.438 e. The second-order valence-electron chi connectivity index (χ2n) is 10.3. The molecule has 1 heterocycles. The van der Waals surface area contributed by atoms with E-state index in [-0.39, 0.29) is 17.4 Å². The van der Waals surface area contributed by atoms with Crippen LogP contribution in [0.4, 0.5) is 9.59 Å². The molecular weight excluding hydrogens is 574 g/mol. The van der Waals surface area contributed by atoms with E-state index in [0.717, 1.165) is 35.3 Å². The number of nitrogens with one attached hydrogen (secondary N) is 2. The van der Waals surface area contributed by atoms with Crippen LogP contribution >= 0.6 is 27.7 Å². The Hall–Kier alpha value is -2.31. The Kier molecular flexibility index (Phi) is 11.3. The molecule has 0 aromatic heterocycles. The number of thioether (sulfide) groups is 1. The maximum absolute atomic E-state index is 13.5. The molecule has 1 aliphatic heterocycles. The van der Waals surface area contributed by atoms with Gasteiger partial charge in [0.05, 0.1) is 0 Å². The Morgan fingerprint density at radius 3 is 2.50 bits per heavy atom. The smallest absolute Gasteiger partial charge is 0.414 e. The van der Waals surface area contributed by atoms with Crippen molar-refractivity contribution >= 4 is 50.8 Å². The van der Waals surface area contributed by atoms with Gasteiger partial charge in [0.25, 0.3) is 11.5 Å². The van der Waals surface area contributed by atoms with Crippen molar-refractivity contribution in [2.45, 2.75) is 70.7 Å². The summed E-state index contributed by atoms with van der Waals surface area (Å²) in [6.07, 6.45) is 2.86. The Balaban J connectivity index is 1.73. The van der Waals surface area contributed by atoms with Gasteiger partial charge in [-0.1, -0.05) is 48.0 Å². The van der Waals surface area contributed by atoms with Crippen molar-refractivity contribution in [3.8, 4) is 5.75 Å². The number of ether oxygens (including phenoxy) is 2. The van der Waals surface area contributed by atoms with Gasteiger partial charge in [0, 0.05) is 23.2 Å². The van der Waals surface area contributed by atoms with Crippen LogP contribution < -0.4 is 15.4 Å². The van der Waals surface area contributed by atoms with E-state index < -0.39 is 24.0 Å². The molecule has 1 aromatic rings. The van der Waals surface area contributed by atoms with E-state index >= 15 is 0 Å². The lowest BCUT2D eigenvalue weighted by atomic mass is 9.89. The lowest BCUT2D eigenvalue weighted by Gasteiger charge is -2.39. The molecule has 0 bridgehead atoms. The molecule has 1 aromatic carbocycles. The van der Waals surface area contributed by atoms with Gasteiger partial charge in [0.2, 0.25) is 0 Å². The number of hydrogen-bond donors (Lipinski definition) is 2. The fourth-order valence-corrected chi connectivity index (χ4v) is 5.33. The number of benzene rings is 1. The zero-order valence-corrected chi connectivity index (χ0v) is 24.9. The minimum atomic E-state index is -1.13. The first kappa shape index (κ1) is 30.2. The molecule has 2 N–H and O–H groups in total. The normalized spacial score (nSPS) is 18.7. The van der Waals surface area contributed by atoms with E-state index in [9.17, 15) is 14.4 Å². The molecule has 1 unspecified atom stereocenters. The first-order valence-electron chi connectivity index (χ1n) is 13.0. The number of nitrogens with zero attached hydrogens (tertiary/aromatic N) is 3. The number of rotatable bonds is 10. The van der Waals surface area contributed by atoms with Crippen molar-refractivity contribution < 1.29 is 23.9 Å². The van der Waals surface area contributed by atoms with Crippen LogP contribution in [0.25, 0.3) is 0 Å². The summed E-state index contributed by atoms with van der Waals surface area (Å²) >= 11 is 4.71. The molecule has 1 saturated carbocycles. The van der Waals surface area contributed by atoms with Gasteiger partial charge >= 0.3 is 12.1 Å². The molecule has 210 valence electrons. The molecule has 3 rings (SSSR count). The van der Waals surface area contributed by atoms with Gasteiger partial charge in [-0.3, -0.25) is 10.1 Å². The third kappa shape index (κ3) is 9.16. The summed E-state index contributed by atoms with van der Waals surface area (Å²) in [5.74, 6) is 1.21.